The average Bonchev–Trinajstić information content (AvgIpc) is 3.73. The van der Waals surface area contributed by atoms with Crippen LogP contribution >= 0.6 is 0 Å². The molecule has 0 N–H and O–H groups in total. The third-order valence-corrected chi connectivity index (χ3v) is 14.3. The number of aromatic nitrogens is 4. The molecule has 0 spiro atoms. The van der Waals surface area contributed by atoms with E-state index in [4.69, 9.17) is 0 Å². The first-order valence-electron chi connectivity index (χ1n) is 21.5. The number of hydrogen-bond acceptors (Lipinski definition) is 2. The fraction of sp³-hybridized carbons (Fsp3) is 0.214. The van der Waals surface area contributed by atoms with Crippen molar-refractivity contribution in [2.75, 3.05) is 0 Å². The molecule has 4 heteroatoms. The minimum Gasteiger partial charge on any atom is -0.311 e. The van der Waals surface area contributed by atoms with Crippen molar-refractivity contribution >= 4 is 44.4 Å². The molecule has 0 saturated heterocycles. The number of fused-ring (bicyclic) bond motifs is 9. The molecule has 2 aliphatic carbocycles. The molecule has 9 aromatic rings. The van der Waals surface area contributed by atoms with Crippen LogP contribution in [0.1, 0.15) is 78.9 Å². The Kier molecular flexibility index (Phi) is 8.23. The summed E-state index contributed by atoms with van der Waals surface area (Å²) in [5.41, 5.74) is 30.1. The van der Waals surface area contributed by atoms with Gasteiger partial charge in [0, 0.05) is 39.8 Å². The molecule has 0 radical (unpaired) electrons. The minimum atomic E-state index is 0.978. The van der Waals surface area contributed by atoms with E-state index in [0.717, 1.165) is 37.1 Å². The smallest absolute Gasteiger partial charge is 0.0674 e. The van der Waals surface area contributed by atoms with Crippen molar-refractivity contribution in [3.05, 3.63) is 176 Å². The van der Waals surface area contributed by atoms with Gasteiger partial charge >= 0.3 is 0 Å². The topological polar surface area (TPSA) is 35.6 Å². The number of allylic oxidation sites excluding steroid dienone is 1. The normalized spacial score (nSPS) is 13.5. The van der Waals surface area contributed by atoms with Crippen LogP contribution < -0.4 is 0 Å². The van der Waals surface area contributed by atoms with Crippen molar-refractivity contribution in [3.8, 4) is 33.6 Å². The van der Waals surface area contributed by atoms with Crippen LogP contribution in [0, 0.1) is 55.4 Å². The molecule has 0 atom stereocenters. The molecular weight excluding hydrogens is 729 g/mol. The van der Waals surface area contributed by atoms with Crippen molar-refractivity contribution in [3.63, 3.8) is 0 Å². The number of pyridine rings is 2. The van der Waals surface area contributed by atoms with Crippen LogP contribution in [0.2, 0.25) is 0 Å². The Labute approximate surface area is 352 Å². The van der Waals surface area contributed by atoms with Gasteiger partial charge in [-0.25, -0.2) is 0 Å². The first kappa shape index (κ1) is 36.6. The molecule has 5 aromatic carbocycles. The molecule has 11 rings (SSSR count). The fourth-order valence-corrected chi connectivity index (χ4v) is 10.4. The van der Waals surface area contributed by atoms with Gasteiger partial charge < -0.3 is 9.13 Å². The summed E-state index contributed by atoms with van der Waals surface area (Å²) < 4.78 is 4.99. The van der Waals surface area contributed by atoms with Gasteiger partial charge in [-0.15, -0.1) is 0 Å². The molecule has 60 heavy (non-hydrogen) atoms. The van der Waals surface area contributed by atoms with E-state index in [-0.39, 0.29) is 0 Å². The number of benzene rings is 5. The maximum absolute atomic E-state index is 4.66. The lowest BCUT2D eigenvalue weighted by molar-refractivity contribution is 0.889. The van der Waals surface area contributed by atoms with E-state index in [2.05, 4.69) is 166 Å². The molecule has 294 valence electrons. The molecule has 0 saturated carbocycles. The lowest BCUT2D eigenvalue weighted by atomic mass is 9.83. The van der Waals surface area contributed by atoms with E-state index < -0.39 is 0 Å². The highest BCUT2D eigenvalue weighted by atomic mass is 15.0. The van der Waals surface area contributed by atoms with Gasteiger partial charge in [0.2, 0.25) is 0 Å². The second-order valence-corrected chi connectivity index (χ2v) is 17.8. The second-order valence-electron chi connectivity index (χ2n) is 17.8. The van der Waals surface area contributed by atoms with Crippen LogP contribution in [0.5, 0.6) is 0 Å². The zero-order valence-corrected chi connectivity index (χ0v) is 36.0. The van der Waals surface area contributed by atoms with Gasteiger partial charge in [0.1, 0.15) is 0 Å². The Morgan fingerprint density at radius 3 is 1.57 bits per heavy atom. The summed E-state index contributed by atoms with van der Waals surface area (Å²) in [7, 11) is 0. The van der Waals surface area contributed by atoms with E-state index >= 15 is 0 Å². The van der Waals surface area contributed by atoms with Crippen LogP contribution in [0.15, 0.2) is 104 Å². The van der Waals surface area contributed by atoms with E-state index in [1.165, 1.54) is 133 Å². The maximum Gasteiger partial charge on any atom is 0.0674 e. The summed E-state index contributed by atoms with van der Waals surface area (Å²) in [6.07, 6.45) is 14.4. The summed E-state index contributed by atoms with van der Waals surface area (Å²) in [6, 6.07) is 30.8. The minimum absolute atomic E-state index is 0.978. The first-order chi connectivity index (χ1) is 29.0. The maximum atomic E-state index is 4.66. The largest absolute Gasteiger partial charge is 0.311 e. The number of aryl methyl sites for hydroxylation is 8. The highest BCUT2D eigenvalue weighted by Crippen LogP contribution is 2.46. The van der Waals surface area contributed by atoms with E-state index in [9.17, 15) is 0 Å². The van der Waals surface area contributed by atoms with E-state index in [1.807, 2.05) is 18.6 Å². The van der Waals surface area contributed by atoms with Gasteiger partial charge in [-0.2, -0.15) is 0 Å². The lowest BCUT2D eigenvalue weighted by Gasteiger charge is -2.22. The van der Waals surface area contributed by atoms with Gasteiger partial charge in [-0.1, -0.05) is 30.3 Å². The molecule has 2 aliphatic rings. The summed E-state index contributed by atoms with van der Waals surface area (Å²) in [6.45, 7) is 17.8. The highest BCUT2D eigenvalue weighted by Gasteiger charge is 2.27. The Morgan fingerprint density at radius 2 is 0.967 bits per heavy atom. The molecule has 0 bridgehead atoms. The predicted molar refractivity (Wildman–Crippen MR) is 252 cm³/mol. The summed E-state index contributed by atoms with van der Waals surface area (Å²) in [4.78, 5) is 9.31. The van der Waals surface area contributed by atoms with Crippen molar-refractivity contribution < 1.29 is 0 Å². The molecule has 0 amide bonds. The van der Waals surface area contributed by atoms with E-state index in [0.29, 0.717) is 0 Å². The Bertz CT molecular complexity index is 3300. The average molecular weight is 779 g/mol. The summed E-state index contributed by atoms with van der Waals surface area (Å²) in [5, 5.41) is 3.91. The summed E-state index contributed by atoms with van der Waals surface area (Å²) >= 11 is 0. The van der Waals surface area contributed by atoms with Crippen molar-refractivity contribution in [1.29, 1.82) is 0 Å². The third kappa shape index (κ3) is 5.50. The zero-order chi connectivity index (χ0) is 41.1. The predicted octanol–water partition coefficient (Wildman–Crippen LogP) is 13.9. The van der Waals surface area contributed by atoms with Crippen molar-refractivity contribution in [2.45, 2.75) is 81.1 Å². The molecule has 0 aliphatic heterocycles. The lowest BCUT2D eigenvalue weighted by Crippen LogP contribution is -2.07. The molecule has 4 heterocycles. The summed E-state index contributed by atoms with van der Waals surface area (Å²) in [5.74, 6) is 0. The van der Waals surface area contributed by atoms with Gasteiger partial charge in [0.15, 0.2) is 0 Å². The Hall–Kier alpha value is -6.52. The van der Waals surface area contributed by atoms with Crippen LogP contribution in [-0.2, 0) is 19.3 Å². The zero-order valence-electron chi connectivity index (χ0n) is 36.0. The molecule has 4 nitrogen and oxygen atoms in total. The van der Waals surface area contributed by atoms with Gasteiger partial charge in [0.25, 0.3) is 0 Å². The van der Waals surface area contributed by atoms with Gasteiger partial charge in [-0.05, 0) is 225 Å². The monoisotopic (exact) mass is 778 g/mol. The molecule has 4 aromatic heterocycles. The number of rotatable bonds is 4. The SMILES string of the molecule is Cc1ccncc1-n1c2c(c3cc4c(cc31)-c1cc3c(cc1CC4)c1cc(-c4cc(C)c(C)c(C)c4)ccc1n3-c1cnccc1C)C=C(c1cc(C)c(C)c(C)c1)CC2. The van der Waals surface area contributed by atoms with Crippen LogP contribution in [0.4, 0.5) is 0 Å². The van der Waals surface area contributed by atoms with Crippen molar-refractivity contribution in [2.24, 2.45) is 0 Å². The number of hydrogen-bond donors (Lipinski definition) is 0. The van der Waals surface area contributed by atoms with Crippen LogP contribution in [0.25, 0.3) is 78.0 Å². The quantitative estimate of drug-likeness (QED) is 0.178. The van der Waals surface area contributed by atoms with Crippen LogP contribution in [-0.4, -0.2) is 19.1 Å². The second kappa shape index (κ2) is 13.5. The van der Waals surface area contributed by atoms with E-state index in [1.54, 1.807) is 0 Å². The molecule has 0 unspecified atom stereocenters. The number of nitrogens with zero attached hydrogens (tertiary/aromatic N) is 4. The standard InChI is InChI=1S/C56H50N4/c1-31-15-17-57-29-55(31)59-51-13-11-39(43-19-33(3)37(7)34(4)20-43)23-47(51)49-25-41-9-10-42-26-50-48-24-40(44-21-35(5)38(8)36(6)22-44)12-14-52(48)60(56-30-58-18-16-32(56)2)54(50)28-46(42)45(41)27-53(49)59/h11,13,15-30H,9-10,12,14H2,1-8H3. The van der Waals surface area contributed by atoms with Gasteiger partial charge in [-0.3, -0.25) is 9.97 Å². The Morgan fingerprint density at radius 1 is 0.433 bits per heavy atom. The van der Waals surface area contributed by atoms with Crippen LogP contribution in [0.3, 0.4) is 0 Å². The van der Waals surface area contributed by atoms with Gasteiger partial charge in [0.05, 0.1) is 40.3 Å². The van der Waals surface area contributed by atoms with Crippen molar-refractivity contribution in [1.82, 2.24) is 19.1 Å². The fourth-order valence-electron chi connectivity index (χ4n) is 10.4. The highest BCUT2D eigenvalue weighted by molar-refractivity contribution is 6.12. The Balaban J connectivity index is 1.16. The first-order valence-corrected chi connectivity index (χ1v) is 21.5. The molecular formula is C56H50N4. The molecule has 0 fully saturated rings. The third-order valence-electron chi connectivity index (χ3n) is 14.3.